The lowest BCUT2D eigenvalue weighted by Crippen LogP contribution is -2.40. The molecule has 3 fully saturated rings. The number of ether oxygens (including phenoxy) is 1. The van der Waals surface area contributed by atoms with Crippen LogP contribution in [0, 0.1) is 11.8 Å². The lowest BCUT2D eigenvalue weighted by Gasteiger charge is -2.31. The van der Waals surface area contributed by atoms with Gasteiger partial charge in [0.05, 0.1) is 24.6 Å². The highest BCUT2D eigenvalue weighted by molar-refractivity contribution is 5.88. The molecule has 7 rings (SSSR count). The smallest absolute Gasteiger partial charge is 0.143 e. The number of anilines is 1. The van der Waals surface area contributed by atoms with E-state index in [1.165, 1.54) is 29.7 Å². The van der Waals surface area contributed by atoms with Crippen LogP contribution in [0.15, 0.2) is 36.7 Å². The van der Waals surface area contributed by atoms with Crippen molar-refractivity contribution in [1.29, 1.82) is 0 Å². The molecule has 6 nitrogen and oxygen atoms in total. The first kappa shape index (κ1) is 17.3. The maximum atomic E-state index is 5.72. The van der Waals surface area contributed by atoms with Gasteiger partial charge in [-0.3, -0.25) is 4.90 Å². The Morgan fingerprint density at radius 2 is 1.90 bits per heavy atom. The van der Waals surface area contributed by atoms with Gasteiger partial charge in [-0.2, -0.15) is 0 Å². The molecule has 0 bridgehead atoms. The van der Waals surface area contributed by atoms with Gasteiger partial charge in [0, 0.05) is 36.7 Å². The van der Waals surface area contributed by atoms with Crippen molar-refractivity contribution < 1.29 is 4.74 Å². The van der Waals surface area contributed by atoms with Gasteiger partial charge < -0.3 is 15.0 Å². The fraction of sp³-hybridized carbons (Fsp3) is 0.500. The zero-order chi connectivity index (χ0) is 19.7. The molecule has 4 aliphatic rings. The molecule has 3 aromatic rings. The summed E-state index contributed by atoms with van der Waals surface area (Å²) in [4.78, 5) is 15.4. The Morgan fingerprint density at radius 1 is 1.07 bits per heavy atom. The topological polar surface area (TPSA) is 66.1 Å². The van der Waals surface area contributed by atoms with Gasteiger partial charge in [-0.1, -0.05) is 24.3 Å². The Labute approximate surface area is 176 Å². The van der Waals surface area contributed by atoms with Crippen molar-refractivity contribution in [3.05, 3.63) is 53.5 Å². The number of rotatable bonds is 4. The van der Waals surface area contributed by atoms with E-state index in [1.807, 2.05) is 0 Å². The number of H-pyrrole nitrogens is 1. The van der Waals surface area contributed by atoms with Gasteiger partial charge in [0.1, 0.15) is 17.8 Å². The van der Waals surface area contributed by atoms with Gasteiger partial charge in [0.2, 0.25) is 0 Å². The van der Waals surface area contributed by atoms with E-state index < -0.39 is 0 Å². The largest absolute Gasteiger partial charge is 0.381 e. The van der Waals surface area contributed by atoms with Crippen molar-refractivity contribution in [2.45, 2.75) is 37.3 Å². The van der Waals surface area contributed by atoms with Gasteiger partial charge in [-0.25, -0.2) is 9.97 Å². The molecular weight excluding hydrogens is 374 g/mol. The monoisotopic (exact) mass is 401 g/mol. The molecule has 2 aliphatic heterocycles. The third-order valence-electron chi connectivity index (χ3n) is 7.70. The highest BCUT2D eigenvalue weighted by Gasteiger charge is 2.44. The van der Waals surface area contributed by atoms with Crippen molar-refractivity contribution in [1.82, 2.24) is 19.9 Å². The minimum Gasteiger partial charge on any atom is -0.381 e. The van der Waals surface area contributed by atoms with E-state index in [-0.39, 0.29) is 6.04 Å². The van der Waals surface area contributed by atoms with Gasteiger partial charge in [-0.15, -0.1) is 0 Å². The van der Waals surface area contributed by atoms with Crippen LogP contribution in [0.3, 0.4) is 0 Å². The summed E-state index contributed by atoms with van der Waals surface area (Å²) in [7, 11) is 0. The maximum absolute atomic E-state index is 5.72. The molecule has 2 saturated heterocycles. The Hall–Kier alpha value is -2.44. The van der Waals surface area contributed by atoms with Crippen molar-refractivity contribution in [3.8, 4) is 0 Å². The van der Waals surface area contributed by atoms with E-state index in [4.69, 9.17) is 4.74 Å². The van der Waals surface area contributed by atoms with Crippen molar-refractivity contribution in [2.75, 3.05) is 31.6 Å². The van der Waals surface area contributed by atoms with Crippen LogP contribution >= 0.6 is 0 Å². The summed E-state index contributed by atoms with van der Waals surface area (Å²) in [6.07, 6.45) is 5.35. The lowest BCUT2D eigenvalue weighted by molar-refractivity contribution is 0.136. The van der Waals surface area contributed by atoms with Crippen molar-refractivity contribution in [2.24, 2.45) is 11.8 Å². The molecule has 0 amide bonds. The number of nitrogens with one attached hydrogen (secondary N) is 2. The summed E-state index contributed by atoms with van der Waals surface area (Å²) >= 11 is 0. The van der Waals surface area contributed by atoms with Crippen molar-refractivity contribution >= 4 is 16.9 Å². The number of nitrogens with zero attached hydrogens (tertiary/aromatic N) is 3. The van der Waals surface area contributed by atoms with E-state index in [0.717, 1.165) is 49.6 Å². The van der Waals surface area contributed by atoms with Crippen LogP contribution in [0.4, 0.5) is 5.82 Å². The van der Waals surface area contributed by atoms with E-state index in [2.05, 4.69) is 55.5 Å². The molecule has 2 N–H and O–H groups in total. The number of likely N-dealkylation sites (tertiary alicyclic amines) is 1. The highest BCUT2D eigenvalue weighted by atomic mass is 16.5. The summed E-state index contributed by atoms with van der Waals surface area (Å²) in [5, 5.41) is 4.98. The van der Waals surface area contributed by atoms with Crippen LogP contribution in [0.5, 0.6) is 0 Å². The molecule has 1 saturated carbocycles. The van der Waals surface area contributed by atoms with Crippen LogP contribution < -0.4 is 5.32 Å². The number of benzene rings is 1. The maximum Gasteiger partial charge on any atom is 0.143 e. The Kier molecular flexibility index (Phi) is 3.76. The Balaban J connectivity index is 1.24. The molecule has 1 aromatic carbocycles. The van der Waals surface area contributed by atoms with Crippen LogP contribution in [0.1, 0.15) is 41.6 Å². The highest BCUT2D eigenvalue weighted by Crippen LogP contribution is 2.43. The number of hydrogen-bond acceptors (Lipinski definition) is 5. The summed E-state index contributed by atoms with van der Waals surface area (Å²) < 4.78 is 5.72. The number of aromatic nitrogens is 3. The second-order valence-corrected chi connectivity index (χ2v) is 9.59. The van der Waals surface area contributed by atoms with Crippen molar-refractivity contribution in [3.63, 3.8) is 0 Å². The molecule has 30 heavy (non-hydrogen) atoms. The Morgan fingerprint density at radius 3 is 2.73 bits per heavy atom. The normalized spacial score (nSPS) is 30.7. The predicted octanol–water partition coefficient (Wildman–Crippen LogP) is 3.49. The zero-order valence-electron chi connectivity index (χ0n) is 17.1. The summed E-state index contributed by atoms with van der Waals surface area (Å²) in [6, 6.07) is 11.9. The molecule has 6 heteroatoms. The van der Waals surface area contributed by atoms with E-state index in [1.54, 1.807) is 6.33 Å². The van der Waals surface area contributed by atoms with Gasteiger partial charge in [0.15, 0.2) is 0 Å². The van der Waals surface area contributed by atoms with Gasteiger partial charge >= 0.3 is 0 Å². The van der Waals surface area contributed by atoms with Crippen LogP contribution in [0.2, 0.25) is 0 Å². The number of hydrogen-bond donors (Lipinski definition) is 2. The Bertz CT molecular complexity index is 1090. The second-order valence-electron chi connectivity index (χ2n) is 9.59. The molecule has 2 aromatic heterocycles. The number of aromatic amines is 1. The molecular formula is C24H27N5O. The second kappa shape index (κ2) is 6.53. The average molecular weight is 402 g/mol. The predicted molar refractivity (Wildman–Crippen MR) is 116 cm³/mol. The van der Waals surface area contributed by atoms with E-state index in [0.29, 0.717) is 23.8 Å². The molecule has 2 aliphatic carbocycles. The van der Waals surface area contributed by atoms with Gasteiger partial charge in [-0.05, 0) is 42.4 Å². The van der Waals surface area contributed by atoms with E-state index >= 15 is 0 Å². The van der Waals surface area contributed by atoms with Gasteiger partial charge in [0.25, 0.3) is 0 Å². The van der Waals surface area contributed by atoms with E-state index in [9.17, 15) is 0 Å². The zero-order valence-corrected chi connectivity index (χ0v) is 17.1. The molecule has 4 heterocycles. The molecule has 4 atom stereocenters. The van der Waals surface area contributed by atoms with Crippen LogP contribution in [-0.2, 0) is 11.2 Å². The minimum absolute atomic E-state index is 0.248. The standard InChI is InChI=1S/C24H27N5O/c1-2-4-18-15(3-1)7-21(29-9-16-11-30-12-17(16)10-29)22(18)28-24-19-8-20(14-5-6-14)27-23(19)25-13-26-24/h1-4,8,13-14,16-17,21-22H,5-7,9-12H2,(H2,25,26,27,28). The summed E-state index contributed by atoms with van der Waals surface area (Å²) in [6.45, 7) is 4.16. The molecule has 154 valence electrons. The fourth-order valence-electron chi connectivity index (χ4n) is 5.92. The third kappa shape index (κ3) is 2.70. The first-order chi connectivity index (χ1) is 14.8. The molecule has 4 unspecified atom stereocenters. The first-order valence-electron chi connectivity index (χ1n) is 11.3. The SMILES string of the molecule is c1ccc2c(c1)CC(N1CC3COCC3C1)C2Nc1ncnc2[nH]c(C3CC3)cc12. The number of fused-ring (bicyclic) bond motifs is 3. The average Bonchev–Trinajstić information content (AvgIpc) is 3.09. The lowest BCUT2D eigenvalue weighted by atomic mass is 10.0. The summed E-state index contributed by atoms with van der Waals surface area (Å²) in [5.41, 5.74) is 5.14. The fourth-order valence-corrected chi connectivity index (χ4v) is 5.92. The quantitative estimate of drug-likeness (QED) is 0.701. The first-order valence-corrected chi connectivity index (χ1v) is 11.3. The molecule has 0 radical (unpaired) electrons. The van der Waals surface area contributed by atoms with Crippen LogP contribution in [0.25, 0.3) is 11.0 Å². The third-order valence-corrected chi connectivity index (χ3v) is 7.70. The molecule has 0 spiro atoms. The van der Waals surface area contributed by atoms with Crippen LogP contribution in [-0.4, -0.2) is 52.2 Å². The summed E-state index contributed by atoms with van der Waals surface area (Å²) in [5.74, 6) is 3.03. The minimum atomic E-state index is 0.248.